The van der Waals surface area contributed by atoms with E-state index >= 15 is 0 Å². The number of methoxy groups -OCH3 is 1. The van der Waals surface area contributed by atoms with Crippen LogP contribution >= 0.6 is 11.6 Å². The molecule has 0 saturated heterocycles. The Hall–Kier alpha value is -2.88. The third-order valence-corrected chi connectivity index (χ3v) is 6.79. The summed E-state index contributed by atoms with van der Waals surface area (Å²) < 4.78 is 35.2. The first-order valence-corrected chi connectivity index (χ1v) is 11.8. The molecule has 0 aliphatic heterocycles. The number of benzene rings is 2. The van der Waals surface area contributed by atoms with Crippen LogP contribution in [0.2, 0.25) is 5.02 Å². The Labute approximate surface area is 192 Å². The molecule has 3 aromatic rings. The minimum absolute atomic E-state index is 0.0291. The van der Waals surface area contributed by atoms with Crippen LogP contribution in [0.5, 0.6) is 5.75 Å². The van der Waals surface area contributed by atoms with Gasteiger partial charge in [0.05, 0.1) is 20.0 Å². The van der Waals surface area contributed by atoms with Gasteiger partial charge in [-0.3, -0.25) is 4.79 Å². The Morgan fingerprint density at radius 3 is 2.69 bits per heavy atom. The quantitative estimate of drug-likeness (QED) is 0.429. The number of carbonyl (C=O) groups excluding carboxylic acids is 1. The molecule has 2 aromatic carbocycles. The first-order chi connectivity index (χ1) is 15.4. The number of nitrogens with one attached hydrogen (secondary N) is 1. The summed E-state index contributed by atoms with van der Waals surface area (Å²) in [5.74, 6) is -0.232. The van der Waals surface area contributed by atoms with Crippen molar-refractivity contribution in [3.8, 4) is 5.75 Å². The Bertz CT molecular complexity index is 1120. The average Bonchev–Trinajstić information content (AvgIpc) is 3.30. The summed E-state index contributed by atoms with van der Waals surface area (Å²) in [4.78, 5) is 16.5. The predicted molar refractivity (Wildman–Crippen MR) is 122 cm³/mol. The van der Waals surface area contributed by atoms with Crippen LogP contribution in [-0.4, -0.2) is 48.4 Å². The summed E-state index contributed by atoms with van der Waals surface area (Å²) in [6.45, 7) is 0.808. The number of nitrogens with zero attached hydrogens (tertiary/aromatic N) is 3. The van der Waals surface area contributed by atoms with Gasteiger partial charge in [0.1, 0.15) is 10.6 Å². The molecule has 0 aliphatic rings. The highest BCUT2D eigenvalue weighted by atomic mass is 35.5. The molecule has 170 valence electrons. The highest BCUT2D eigenvalue weighted by Gasteiger charge is 2.30. The van der Waals surface area contributed by atoms with Crippen molar-refractivity contribution in [2.75, 3.05) is 20.2 Å². The molecule has 1 heterocycles. The summed E-state index contributed by atoms with van der Waals surface area (Å²) >= 11 is 6.05. The number of halogens is 1. The summed E-state index contributed by atoms with van der Waals surface area (Å²) in [6, 6.07) is 13.5. The SMILES string of the molecule is COc1ccc(Cl)cc1S(=O)(=O)N(CC(=O)NCCCn1ccnc1)Cc1ccccc1. The third kappa shape index (κ3) is 6.32. The zero-order valence-electron chi connectivity index (χ0n) is 17.6. The van der Waals surface area contributed by atoms with Crippen molar-refractivity contribution in [1.29, 1.82) is 0 Å². The molecule has 0 atom stereocenters. The number of carbonyl (C=O) groups is 1. The number of hydrogen-bond acceptors (Lipinski definition) is 5. The van der Waals surface area contributed by atoms with Gasteiger partial charge in [-0.1, -0.05) is 41.9 Å². The molecule has 10 heteroatoms. The molecular formula is C22H25ClN4O4S. The molecule has 0 spiro atoms. The fraction of sp³-hybridized carbons (Fsp3) is 0.273. The van der Waals surface area contributed by atoms with Gasteiger partial charge in [-0.15, -0.1) is 0 Å². The van der Waals surface area contributed by atoms with E-state index in [1.54, 1.807) is 30.7 Å². The minimum atomic E-state index is -4.07. The van der Waals surface area contributed by atoms with Crippen molar-refractivity contribution >= 4 is 27.5 Å². The monoisotopic (exact) mass is 476 g/mol. The van der Waals surface area contributed by atoms with Gasteiger partial charge in [-0.25, -0.2) is 13.4 Å². The normalized spacial score (nSPS) is 11.5. The molecule has 0 saturated carbocycles. The lowest BCUT2D eigenvalue weighted by atomic mass is 10.2. The molecule has 1 aromatic heterocycles. The molecule has 0 fully saturated rings. The van der Waals surface area contributed by atoms with Gasteiger partial charge in [-0.05, 0) is 30.2 Å². The number of imidazole rings is 1. The van der Waals surface area contributed by atoms with Gasteiger partial charge in [-0.2, -0.15) is 4.31 Å². The first kappa shape index (κ1) is 23.8. The van der Waals surface area contributed by atoms with Crippen LogP contribution in [0.15, 0.2) is 72.1 Å². The van der Waals surface area contributed by atoms with Gasteiger partial charge in [0.2, 0.25) is 15.9 Å². The summed E-state index contributed by atoms with van der Waals surface area (Å²) in [6.07, 6.45) is 5.92. The number of rotatable bonds is 11. The van der Waals surface area contributed by atoms with E-state index in [9.17, 15) is 13.2 Å². The molecule has 0 bridgehead atoms. The van der Waals surface area contributed by atoms with E-state index in [-0.39, 0.29) is 28.8 Å². The second-order valence-electron chi connectivity index (χ2n) is 7.06. The molecule has 32 heavy (non-hydrogen) atoms. The maximum Gasteiger partial charge on any atom is 0.247 e. The Morgan fingerprint density at radius 2 is 2.00 bits per heavy atom. The van der Waals surface area contributed by atoms with Crippen LogP contribution < -0.4 is 10.1 Å². The Kier molecular flexibility index (Phi) is 8.26. The van der Waals surface area contributed by atoms with Gasteiger partial charge < -0.3 is 14.6 Å². The lowest BCUT2D eigenvalue weighted by Gasteiger charge is -2.23. The summed E-state index contributed by atoms with van der Waals surface area (Å²) in [7, 11) is -2.69. The molecule has 0 aliphatic carbocycles. The van der Waals surface area contributed by atoms with Crippen LogP contribution in [0.1, 0.15) is 12.0 Å². The minimum Gasteiger partial charge on any atom is -0.495 e. The second-order valence-corrected chi connectivity index (χ2v) is 9.40. The van der Waals surface area contributed by atoms with Gasteiger partial charge in [0, 0.05) is 37.1 Å². The maximum absolute atomic E-state index is 13.5. The van der Waals surface area contributed by atoms with E-state index in [1.165, 1.54) is 19.2 Å². The number of sulfonamides is 1. The number of ether oxygens (including phenoxy) is 1. The van der Waals surface area contributed by atoms with Gasteiger partial charge in [0.15, 0.2) is 0 Å². The molecular weight excluding hydrogens is 452 g/mol. The number of aryl methyl sites for hydroxylation is 1. The Morgan fingerprint density at radius 1 is 1.22 bits per heavy atom. The van der Waals surface area contributed by atoms with Crippen molar-refractivity contribution in [2.24, 2.45) is 0 Å². The van der Waals surface area contributed by atoms with E-state index in [4.69, 9.17) is 16.3 Å². The lowest BCUT2D eigenvalue weighted by molar-refractivity contribution is -0.121. The zero-order chi connectivity index (χ0) is 23.0. The predicted octanol–water partition coefficient (Wildman–Crippen LogP) is 2.94. The van der Waals surface area contributed by atoms with Crippen molar-refractivity contribution < 1.29 is 17.9 Å². The third-order valence-electron chi connectivity index (χ3n) is 4.74. The molecule has 8 nitrogen and oxygen atoms in total. The van der Waals surface area contributed by atoms with E-state index in [0.29, 0.717) is 19.5 Å². The average molecular weight is 477 g/mol. The van der Waals surface area contributed by atoms with Crippen LogP contribution in [-0.2, 0) is 27.9 Å². The maximum atomic E-state index is 13.5. The number of aromatic nitrogens is 2. The van der Waals surface area contributed by atoms with Crippen molar-refractivity contribution in [3.05, 3.63) is 77.8 Å². The Balaban J connectivity index is 1.75. The highest BCUT2D eigenvalue weighted by Crippen LogP contribution is 2.30. The van der Waals surface area contributed by atoms with Crippen LogP contribution in [0.25, 0.3) is 0 Å². The molecule has 0 unspecified atom stereocenters. The summed E-state index contributed by atoms with van der Waals surface area (Å²) in [5, 5.41) is 3.05. The lowest BCUT2D eigenvalue weighted by Crippen LogP contribution is -2.40. The van der Waals surface area contributed by atoms with Crippen molar-refractivity contribution in [1.82, 2.24) is 19.2 Å². The number of hydrogen-bond donors (Lipinski definition) is 1. The largest absolute Gasteiger partial charge is 0.495 e. The fourth-order valence-electron chi connectivity index (χ4n) is 3.13. The van der Waals surface area contributed by atoms with Gasteiger partial charge >= 0.3 is 0 Å². The van der Waals surface area contributed by atoms with Crippen LogP contribution in [0.3, 0.4) is 0 Å². The first-order valence-electron chi connectivity index (χ1n) is 10.00. The highest BCUT2D eigenvalue weighted by molar-refractivity contribution is 7.89. The topological polar surface area (TPSA) is 93.5 Å². The molecule has 3 rings (SSSR count). The van der Waals surface area contributed by atoms with Crippen molar-refractivity contribution in [3.63, 3.8) is 0 Å². The van der Waals surface area contributed by atoms with Crippen LogP contribution in [0.4, 0.5) is 0 Å². The standard InChI is InChI=1S/C22H25ClN4O4S/c1-31-20-9-8-19(23)14-21(20)32(29,30)27(15-18-6-3-2-4-7-18)16-22(28)25-10-5-12-26-13-11-24-17-26/h2-4,6-9,11,13-14,17H,5,10,12,15-16H2,1H3,(H,25,28). The van der Waals surface area contributed by atoms with Crippen LogP contribution in [0, 0.1) is 0 Å². The van der Waals surface area contributed by atoms with Crippen molar-refractivity contribution in [2.45, 2.75) is 24.4 Å². The summed E-state index contributed by atoms with van der Waals surface area (Å²) in [5.41, 5.74) is 0.755. The van der Waals surface area contributed by atoms with E-state index in [0.717, 1.165) is 9.87 Å². The molecule has 1 amide bonds. The van der Waals surface area contributed by atoms with E-state index < -0.39 is 15.9 Å². The fourth-order valence-corrected chi connectivity index (χ4v) is 4.93. The van der Waals surface area contributed by atoms with E-state index in [1.807, 2.05) is 29.0 Å². The molecule has 1 N–H and O–H groups in total. The van der Waals surface area contributed by atoms with Gasteiger partial charge in [0.25, 0.3) is 0 Å². The van der Waals surface area contributed by atoms with E-state index in [2.05, 4.69) is 10.3 Å². The zero-order valence-corrected chi connectivity index (χ0v) is 19.2. The number of amides is 1. The smallest absolute Gasteiger partial charge is 0.247 e. The second kappa shape index (κ2) is 11.1. The molecule has 0 radical (unpaired) electrons.